The lowest BCUT2D eigenvalue weighted by atomic mass is 10.0. The van der Waals surface area contributed by atoms with Gasteiger partial charge in [0.25, 0.3) is 0 Å². The van der Waals surface area contributed by atoms with E-state index in [-0.39, 0.29) is 5.78 Å². The summed E-state index contributed by atoms with van der Waals surface area (Å²) in [6.45, 7) is 1.45. The molecular formula is C12H15NO4. The topological polar surface area (TPSA) is 89.6 Å². The van der Waals surface area contributed by atoms with Gasteiger partial charge in [-0.05, 0) is 12.5 Å². The molecule has 3 N–H and O–H groups in total. The van der Waals surface area contributed by atoms with Crippen LogP contribution in [0.2, 0.25) is 0 Å². The van der Waals surface area contributed by atoms with Crippen molar-refractivity contribution >= 4 is 11.8 Å². The Hall–Kier alpha value is -1.72. The van der Waals surface area contributed by atoms with Crippen LogP contribution in [0.1, 0.15) is 28.9 Å². The second-order valence-corrected chi connectivity index (χ2v) is 3.67. The molecule has 0 amide bonds. The third-order valence-electron chi connectivity index (χ3n) is 2.47. The number of aliphatic hydroxyl groups excluding tert-OH is 1. The van der Waals surface area contributed by atoms with Crippen molar-refractivity contribution in [2.45, 2.75) is 19.1 Å². The van der Waals surface area contributed by atoms with Gasteiger partial charge in [0.05, 0.1) is 7.11 Å². The molecule has 1 aromatic rings. The maximum atomic E-state index is 11.1. The fourth-order valence-corrected chi connectivity index (χ4v) is 1.39. The fourth-order valence-electron chi connectivity index (χ4n) is 1.39. The summed E-state index contributed by atoms with van der Waals surface area (Å²) in [7, 11) is 1.20. The Morgan fingerprint density at radius 3 is 2.24 bits per heavy atom. The highest BCUT2D eigenvalue weighted by atomic mass is 16.5. The molecule has 1 rings (SSSR count). The monoisotopic (exact) mass is 237 g/mol. The van der Waals surface area contributed by atoms with Gasteiger partial charge >= 0.3 is 5.97 Å². The molecule has 0 saturated heterocycles. The quantitative estimate of drug-likeness (QED) is 0.585. The molecule has 1 aromatic carbocycles. The average molecular weight is 237 g/mol. The third-order valence-corrected chi connectivity index (χ3v) is 2.47. The molecule has 2 atom stereocenters. The average Bonchev–Trinajstić information content (AvgIpc) is 2.36. The summed E-state index contributed by atoms with van der Waals surface area (Å²) in [4.78, 5) is 22.2. The van der Waals surface area contributed by atoms with Crippen molar-refractivity contribution in [3.63, 3.8) is 0 Å². The number of rotatable bonds is 4. The number of carbonyl (C=O) groups excluding carboxylic acids is 2. The molecule has 17 heavy (non-hydrogen) atoms. The number of ether oxygens (including phenoxy) is 1. The van der Waals surface area contributed by atoms with E-state index in [0.717, 1.165) is 0 Å². The zero-order valence-electron chi connectivity index (χ0n) is 9.71. The van der Waals surface area contributed by atoms with Crippen molar-refractivity contribution in [1.82, 2.24) is 0 Å². The predicted octanol–water partition coefficient (Wildman–Crippen LogP) is 0.423. The summed E-state index contributed by atoms with van der Waals surface area (Å²) in [6.07, 6.45) is -1.15. The highest BCUT2D eigenvalue weighted by molar-refractivity contribution is 5.94. The van der Waals surface area contributed by atoms with Crippen LogP contribution in [-0.4, -0.2) is 30.0 Å². The van der Waals surface area contributed by atoms with E-state index in [1.54, 1.807) is 24.3 Å². The third kappa shape index (κ3) is 3.12. The van der Waals surface area contributed by atoms with Crippen LogP contribution in [0.4, 0.5) is 0 Å². The standard InChI is InChI=1S/C12H15NO4/c1-7(14)8-3-5-9(6-4-8)11(15)10(13)12(16)17-2/h3-6,10-11,15H,13H2,1-2H3/t10-,11+/m0/s1. The first-order chi connectivity index (χ1) is 7.97. The SMILES string of the molecule is COC(=O)[C@@H](N)[C@H](O)c1ccc(C(C)=O)cc1. The van der Waals surface area contributed by atoms with E-state index in [1.165, 1.54) is 14.0 Å². The lowest BCUT2D eigenvalue weighted by molar-refractivity contribution is -0.145. The maximum Gasteiger partial charge on any atom is 0.325 e. The van der Waals surface area contributed by atoms with Gasteiger partial charge < -0.3 is 15.6 Å². The lowest BCUT2D eigenvalue weighted by Crippen LogP contribution is -2.37. The number of hydrogen-bond acceptors (Lipinski definition) is 5. The molecule has 0 saturated carbocycles. The summed E-state index contributed by atoms with van der Waals surface area (Å²) in [5, 5.41) is 9.81. The van der Waals surface area contributed by atoms with Crippen LogP contribution in [0.25, 0.3) is 0 Å². The van der Waals surface area contributed by atoms with Crippen molar-refractivity contribution in [1.29, 1.82) is 0 Å². The molecule has 0 aromatic heterocycles. The number of Topliss-reactive ketones (excluding diaryl/α,β-unsaturated/α-hetero) is 1. The molecule has 0 heterocycles. The molecule has 5 nitrogen and oxygen atoms in total. The van der Waals surface area contributed by atoms with Crippen LogP contribution in [0.3, 0.4) is 0 Å². The number of esters is 1. The van der Waals surface area contributed by atoms with Gasteiger partial charge in [-0.3, -0.25) is 9.59 Å². The number of methoxy groups -OCH3 is 1. The second-order valence-electron chi connectivity index (χ2n) is 3.67. The molecule has 0 bridgehead atoms. The first kappa shape index (κ1) is 13.3. The Morgan fingerprint density at radius 1 is 1.29 bits per heavy atom. The summed E-state index contributed by atoms with van der Waals surface area (Å²) >= 11 is 0. The van der Waals surface area contributed by atoms with E-state index in [1.807, 2.05) is 0 Å². The van der Waals surface area contributed by atoms with Crippen LogP contribution >= 0.6 is 0 Å². The van der Waals surface area contributed by atoms with E-state index in [9.17, 15) is 14.7 Å². The largest absolute Gasteiger partial charge is 0.468 e. The van der Waals surface area contributed by atoms with Crippen LogP contribution < -0.4 is 5.73 Å². The van der Waals surface area contributed by atoms with Crippen LogP contribution in [-0.2, 0) is 9.53 Å². The predicted molar refractivity (Wildman–Crippen MR) is 61.4 cm³/mol. The van der Waals surface area contributed by atoms with E-state index in [2.05, 4.69) is 4.74 Å². The Kier molecular flexibility index (Phi) is 4.37. The summed E-state index contributed by atoms with van der Waals surface area (Å²) in [6, 6.07) is 5.13. The Labute approximate surface area is 99.2 Å². The molecule has 0 aliphatic carbocycles. The van der Waals surface area contributed by atoms with E-state index < -0.39 is 18.1 Å². The minimum atomic E-state index is -1.15. The van der Waals surface area contributed by atoms with Gasteiger partial charge in [0.2, 0.25) is 0 Å². The second kappa shape index (κ2) is 5.56. The van der Waals surface area contributed by atoms with Gasteiger partial charge in [0.1, 0.15) is 12.1 Å². The molecule has 5 heteroatoms. The Balaban J connectivity index is 2.86. The molecule has 0 fully saturated rings. The fraction of sp³-hybridized carbons (Fsp3) is 0.333. The van der Waals surface area contributed by atoms with E-state index in [4.69, 9.17) is 5.73 Å². The van der Waals surface area contributed by atoms with Crippen molar-refractivity contribution in [3.05, 3.63) is 35.4 Å². The maximum absolute atomic E-state index is 11.1. The highest BCUT2D eigenvalue weighted by Crippen LogP contribution is 2.17. The summed E-state index contributed by atoms with van der Waals surface area (Å²) in [5.74, 6) is -0.753. The molecule has 0 aliphatic rings. The van der Waals surface area contributed by atoms with Gasteiger partial charge in [-0.2, -0.15) is 0 Å². The minimum Gasteiger partial charge on any atom is -0.468 e. The summed E-state index contributed by atoms with van der Waals surface area (Å²) in [5.41, 5.74) is 6.51. The first-order valence-electron chi connectivity index (χ1n) is 5.09. The van der Waals surface area contributed by atoms with Gasteiger partial charge in [0.15, 0.2) is 5.78 Å². The highest BCUT2D eigenvalue weighted by Gasteiger charge is 2.24. The number of ketones is 1. The Bertz CT molecular complexity index is 413. The van der Waals surface area contributed by atoms with Gasteiger partial charge in [-0.1, -0.05) is 24.3 Å². The van der Waals surface area contributed by atoms with Crippen molar-refractivity contribution in [2.75, 3.05) is 7.11 Å². The number of benzene rings is 1. The van der Waals surface area contributed by atoms with E-state index in [0.29, 0.717) is 11.1 Å². The lowest BCUT2D eigenvalue weighted by Gasteiger charge is -2.16. The smallest absolute Gasteiger partial charge is 0.325 e. The molecule has 0 aliphatic heterocycles. The van der Waals surface area contributed by atoms with Crippen LogP contribution in [0.5, 0.6) is 0 Å². The van der Waals surface area contributed by atoms with Crippen LogP contribution in [0, 0.1) is 0 Å². The summed E-state index contributed by atoms with van der Waals surface area (Å²) < 4.78 is 4.44. The van der Waals surface area contributed by atoms with Gasteiger partial charge in [0, 0.05) is 5.56 Å². The van der Waals surface area contributed by atoms with Crippen molar-refractivity contribution < 1.29 is 19.4 Å². The minimum absolute atomic E-state index is 0.0664. The first-order valence-corrected chi connectivity index (χ1v) is 5.09. The normalized spacial score (nSPS) is 13.9. The van der Waals surface area contributed by atoms with E-state index >= 15 is 0 Å². The van der Waals surface area contributed by atoms with Gasteiger partial charge in [-0.15, -0.1) is 0 Å². The number of nitrogens with two attached hydrogens (primary N) is 1. The molecule has 92 valence electrons. The van der Waals surface area contributed by atoms with Crippen molar-refractivity contribution in [2.24, 2.45) is 5.73 Å². The van der Waals surface area contributed by atoms with Crippen molar-refractivity contribution in [3.8, 4) is 0 Å². The number of aliphatic hydroxyl groups is 1. The number of hydrogen-bond donors (Lipinski definition) is 2. The Morgan fingerprint density at radius 2 is 1.82 bits per heavy atom. The van der Waals surface area contributed by atoms with Crippen LogP contribution in [0.15, 0.2) is 24.3 Å². The molecule has 0 radical (unpaired) electrons. The zero-order chi connectivity index (χ0) is 13.0. The molecule has 0 unspecified atom stereocenters. The molecular weight excluding hydrogens is 222 g/mol. The molecule has 0 spiro atoms. The number of carbonyl (C=O) groups is 2. The zero-order valence-corrected chi connectivity index (χ0v) is 9.71. The van der Waals surface area contributed by atoms with Gasteiger partial charge in [-0.25, -0.2) is 0 Å².